The van der Waals surface area contributed by atoms with Crippen molar-refractivity contribution >= 4 is 11.6 Å². The fourth-order valence-corrected chi connectivity index (χ4v) is 2.44. The Kier molecular flexibility index (Phi) is 3.32. The molecule has 0 saturated carbocycles. The van der Waals surface area contributed by atoms with Crippen molar-refractivity contribution in [1.29, 1.82) is 0 Å². The summed E-state index contributed by atoms with van der Waals surface area (Å²) >= 11 is 0. The van der Waals surface area contributed by atoms with Gasteiger partial charge in [-0.15, -0.1) is 0 Å². The number of nitrogens with two attached hydrogens (primary N) is 1. The van der Waals surface area contributed by atoms with Crippen molar-refractivity contribution in [1.82, 2.24) is 14.8 Å². The van der Waals surface area contributed by atoms with Crippen LogP contribution in [0.25, 0.3) is 0 Å². The van der Waals surface area contributed by atoms with E-state index in [-0.39, 0.29) is 5.92 Å². The molecule has 21 heavy (non-hydrogen) atoms. The van der Waals surface area contributed by atoms with E-state index in [0.29, 0.717) is 31.3 Å². The molecule has 2 N–H and O–H groups in total. The summed E-state index contributed by atoms with van der Waals surface area (Å²) in [6.45, 7) is 1.76. The molecule has 0 aliphatic carbocycles. The molecule has 0 spiro atoms. The first-order valence-corrected chi connectivity index (χ1v) is 6.51. The van der Waals surface area contributed by atoms with E-state index in [4.69, 9.17) is 5.73 Å². The van der Waals surface area contributed by atoms with E-state index < -0.39 is 11.7 Å². The first kappa shape index (κ1) is 13.9. The summed E-state index contributed by atoms with van der Waals surface area (Å²) in [4.78, 5) is 6.01. The molecule has 0 saturated heterocycles. The third kappa shape index (κ3) is 2.58. The van der Waals surface area contributed by atoms with Gasteiger partial charge in [0.25, 0.3) is 0 Å². The van der Waals surface area contributed by atoms with Gasteiger partial charge in [-0.25, -0.2) is 4.68 Å². The highest BCUT2D eigenvalue weighted by atomic mass is 19.4. The van der Waals surface area contributed by atoms with E-state index in [1.165, 1.54) is 18.5 Å². The highest BCUT2D eigenvalue weighted by molar-refractivity contribution is 5.58. The van der Waals surface area contributed by atoms with E-state index in [2.05, 4.69) is 10.1 Å². The lowest BCUT2D eigenvalue weighted by Gasteiger charge is -2.33. The number of alkyl halides is 3. The van der Waals surface area contributed by atoms with Crippen LogP contribution in [0.5, 0.6) is 0 Å². The summed E-state index contributed by atoms with van der Waals surface area (Å²) in [6.07, 6.45) is -2.90. The van der Waals surface area contributed by atoms with Crippen LogP contribution in [0.15, 0.2) is 30.6 Å². The molecule has 0 radical (unpaired) electrons. The van der Waals surface area contributed by atoms with Gasteiger partial charge in [-0.1, -0.05) is 0 Å². The van der Waals surface area contributed by atoms with Gasteiger partial charge in [-0.3, -0.25) is 0 Å². The van der Waals surface area contributed by atoms with E-state index in [9.17, 15) is 13.2 Å². The van der Waals surface area contributed by atoms with E-state index >= 15 is 0 Å². The first-order chi connectivity index (χ1) is 9.99. The summed E-state index contributed by atoms with van der Waals surface area (Å²) in [5.74, 6) is 0.806. The van der Waals surface area contributed by atoms with Crippen LogP contribution in [0, 0.1) is 5.92 Å². The molecule has 1 aliphatic rings. The Morgan fingerprint density at radius 1 is 1.19 bits per heavy atom. The molecule has 1 aliphatic heterocycles. The average Bonchev–Trinajstić information content (AvgIpc) is 2.93. The molecule has 8 heteroatoms. The second-order valence-electron chi connectivity index (χ2n) is 5.00. The fourth-order valence-electron chi connectivity index (χ4n) is 2.44. The second-order valence-corrected chi connectivity index (χ2v) is 5.00. The Balaban J connectivity index is 1.93. The number of hydrogen-bond donors (Lipinski definition) is 1. The van der Waals surface area contributed by atoms with Crippen LogP contribution in [-0.2, 0) is 12.7 Å². The topological polar surface area (TPSA) is 60.0 Å². The summed E-state index contributed by atoms with van der Waals surface area (Å²) in [7, 11) is 0. The number of hydrogen-bond acceptors (Lipinski definition) is 4. The maximum atomic E-state index is 12.6. The van der Waals surface area contributed by atoms with Gasteiger partial charge < -0.3 is 10.6 Å². The van der Waals surface area contributed by atoms with Crippen LogP contribution in [0.3, 0.4) is 0 Å². The third-order valence-electron chi connectivity index (χ3n) is 3.55. The molecule has 2 heterocycles. The number of rotatable bonds is 2. The van der Waals surface area contributed by atoms with Crippen molar-refractivity contribution in [3.8, 4) is 0 Å². The predicted molar refractivity (Wildman–Crippen MR) is 71.0 cm³/mol. The van der Waals surface area contributed by atoms with Gasteiger partial charge in [0, 0.05) is 18.2 Å². The van der Waals surface area contributed by atoms with Crippen LogP contribution in [0.1, 0.15) is 5.56 Å². The molecule has 1 atom stereocenters. The molecule has 3 rings (SSSR count). The maximum absolute atomic E-state index is 12.6. The minimum absolute atomic E-state index is 0.182. The van der Waals surface area contributed by atoms with Crippen molar-refractivity contribution in [2.24, 2.45) is 11.7 Å². The quantitative estimate of drug-likeness (QED) is 0.921. The molecule has 5 nitrogen and oxygen atoms in total. The predicted octanol–water partition coefficient (Wildman–Crippen LogP) is 2.02. The van der Waals surface area contributed by atoms with Crippen molar-refractivity contribution < 1.29 is 13.2 Å². The number of fused-ring (bicyclic) bond motifs is 1. The van der Waals surface area contributed by atoms with Crippen LogP contribution < -0.4 is 10.6 Å². The summed E-state index contributed by atoms with van der Waals surface area (Å²) in [5, 5.41) is 4.12. The summed E-state index contributed by atoms with van der Waals surface area (Å²) in [6, 6.07) is 5.03. The molecule has 1 aromatic heterocycles. The Bertz CT molecular complexity index is 619. The average molecular weight is 297 g/mol. The van der Waals surface area contributed by atoms with E-state index in [1.54, 1.807) is 4.68 Å². The number of aromatic nitrogens is 3. The van der Waals surface area contributed by atoms with Gasteiger partial charge in [0.1, 0.15) is 6.33 Å². The highest BCUT2D eigenvalue weighted by Gasteiger charge is 2.31. The lowest BCUT2D eigenvalue weighted by molar-refractivity contribution is -0.137. The van der Waals surface area contributed by atoms with Gasteiger partial charge >= 0.3 is 6.18 Å². The Hall–Kier alpha value is -2.09. The lowest BCUT2D eigenvalue weighted by atomic mass is 10.1. The molecule has 112 valence electrons. The number of anilines is 2. The number of halogens is 3. The molecule has 2 aromatic rings. The smallest absolute Gasteiger partial charge is 0.330 e. The normalized spacial score (nSPS) is 18.7. The molecular weight excluding hydrogens is 283 g/mol. The third-order valence-corrected chi connectivity index (χ3v) is 3.55. The van der Waals surface area contributed by atoms with Crippen LogP contribution in [-0.4, -0.2) is 27.9 Å². The fraction of sp³-hybridized carbons (Fsp3) is 0.385. The van der Waals surface area contributed by atoms with Gasteiger partial charge in [0.05, 0.1) is 12.1 Å². The highest BCUT2D eigenvalue weighted by Crippen LogP contribution is 2.33. The van der Waals surface area contributed by atoms with Gasteiger partial charge in [0.2, 0.25) is 5.95 Å². The molecule has 0 fully saturated rings. The summed E-state index contributed by atoms with van der Waals surface area (Å²) < 4.78 is 39.6. The zero-order chi connectivity index (χ0) is 15.0. The minimum atomic E-state index is -4.33. The molecular formula is C13H14F3N5. The van der Waals surface area contributed by atoms with Crippen molar-refractivity contribution in [2.75, 3.05) is 18.0 Å². The Morgan fingerprint density at radius 2 is 1.90 bits per heavy atom. The second kappa shape index (κ2) is 5.03. The van der Waals surface area contributed by atoms with Crippen LogP contribution in [0.2, 0.25) is 0 Å². The minimum Gasteiger partial charge on any atom is -0.330 e. The van der Waals surface area contributed by atoms with E-state index in [1.807, 2.05) is 4.90 Å². The SMILES string of the molecule is NCC1CN(c2ccc(C(F)(F)F)cc2)c2ncnn2C1. The first-order valence-electron chi connectivity index (χ1n) is 6.51. The van der Waals surface area contributed by atoms with Gasteiger partial charge in [-0.05, 0) is 30.8 Å². The standard InChI is InChI=1S/C13H14F3N5/c14-13(15,16)10-1-3-11(4-2-10)20-6-9(5-17)7-21-12(20)18-8-19-21/h1-4,8-9H,5-7,17H2. The molecule has 1 aromatic carbocycles. The van der Waals surface area contributed by atoms with Crippen LogP contribution in [0.4, 0.5) is 24.8 Å². The monoisotopic (exact) mass is 297 g/mol. The van der Waals surface area contributed by atoms with E-state index in [0.717, 1.165) is 12.1 Å². The molecule has 0 bridgehead atoms. The van der Waals surface area contributed by atoms with Crippen LogP contribution >= 0.6 is 0 Å². The molecule has 0 amide bonds. The van der Waals surface area contributed by atoms with Crippen molar-refractivity contribution in [3.63, 3.8) is 0 Å². The largest absolute Gasteiger partial charge is 0.416 e. The zero-order valence-electron chi connectivity index (χ0n) is 11.1. The van der Waals surface area contributed by atoms with Gasteiger partial charge in [-0.2, -0.15) is 23.3 Å². The number of benzene rings is 1. The zero-order valence-corrected chi connectivity index (χ0v) is 11.1. The van der Waals surface area contributed by atoms with Crippen molar-refractivity contribution in [2.45, 2.75) is 12.7 Å². The van der Waals surface area contributed by atoms with Gasteiger partial charge in [0.15, 0.2) is 0 Å². The molecule has 1 unspecified atom stereocenters. The Labute approximate surface area is 119 Å². The summed E-state index contributed by atoms with van der Waals surface area (Å²) in [5.41, 5.74) is 5.70. The Morgan fingerprint density at radius 3 is 2.52 bits per heavy atom. The lowest BCUT2D eigenvalue weighted by Crippen LogP contribution is -2.39. The maximum Gasteiger partial charge on any atom is 0.416 e. The van der Waals surface area contributed by atoms with Crippen molar-refractivity contribution in [3.05, 3.63) is 36.2 Å². The number of nitrogens with zero attached hydrogens (tertiary/aromatic N) is 4.